The van der Waals surface area contributed by atoms with E-state index < -0.39 is 0 Å². The molecule has 0 aliphatic heterocycles. The van der Waals surface area contributed by atoms with Gasteiger partial charge in [0.1, 0.15) is 0 Å². The molecule has 0 heterocycles. The minimum Gasteiger partial charge on any atom is -0.377 e. The van der Waals surface area contributed by atoms with Crippen molar-refractivity contribution in [3.8, 4) is 0 Å². The van der Waals surface area contributed by atoms with Crippen molar-refractivity contribution in [1.29, 1.82) is 0 Å². The van der Waals surface area contributed by atoms with Gasteiger partial charge >= 0.3 is 0 Å². The number of hydrogen-bond acceptors (Lipinski definition) is 3. The normalized spacial score (nSPS) is 10.9. The molecule has 0 radical (unpaired) electrons. The summed E-state index contributed by atoms with van der Waals surface area (Å²) >= 11 is 0. The first-order chi connectivity index (χ1) is 10.2. The number of nitrogens with one attached hydrogen (secondary N) is 2. The summed E-state index contributed by atoms with van der Waals surface area (Å²) in [7, 11) is 0. The lowest BCUT2D eigenvalue weighted by molar-refractivity contribution is -0.121. The lowest BCUT2D eigenvalue weighted by Crippen LogP contribution is -2.39. The number of hydrogen-bond donors (Lipinski definition) is 2. The van der Waals surface area contributed by atoms with Crippen LogP contribution in [0.25, 0.3) is 0 Å². The Labute approximate surface area is 128 Å². The van der Waals surface area contributed by atoms with Gasteiger partial charge in [0, 0.05) is 19.2 Å². The Hall–Kier alpha value is -1.39. The summed E-state index contributed by atoms with van der Waals surface area (Å²) in [6.07, 6.45) is 1.94. The fraction of sp³-hybridized carbons (Fsp3) is 0.588. The third-order valence-electron chi connectivity index (χ3n) is 3.53. The predicted octanol–water partition coefficient (Wildman–Crippen LogP) is 2.62. The molecule has 0 saturated carbocycles. The quantitative estimate of drug-likeness (QED) is 0.697. The Morgan fingerprint density at radius 2 is 1.81 bits per heavy atom. The summed E-state index contributed by atoms with van der Waals surface area (Å²) in [4.78, 5) is 11.8. The second-order valence-electron chi connectivity index (χ2n) is 5.09. The molecule has 1 rings (SSSR count). The number of carbonyl (C=O) groups is 1. The van der Waals surface area contributed by atoms with Crippen LogP contribution in [0.2, 0.25) is 0 Å². The summed E-state index contributed by atoms with van der Waals surface area (Å²) in [5.41, 5.74) is 2.36. The zero-order chi connectivity index (χ0) is 15.5. The van der Waals surface area contributed by atoms with Gasteiger partial charge in [-0.25, -0.2) is 0 Å². The molecule has 0 fully saturated rings. The Morgan fingerprint density at radius 3 is 2.43 bits per heavy atom. The van der Waals surface area contributed by atoms with Crippen LogP contribution in [0.5, 0.6) is 0 Å². The lowest BCUT2D eigenvalue weighted by Gasteiger charge is -2.15. The van der Waals surface area contributed by atoms with Gasteiger partial charge in [0.05, 0.1) is 13.2 Å². The van der Waals surface area contributed by atoms with E-state index in [-0.39, 0.29) is 11.9 Å². The van der Waals surface area contributed by atoms with E-state index in [1.807, 2.05) is 19.1 Å². The predicted molar refractivity (Wildman–Crippen MR) is 86.0 cm³/mol. The topological polar surface area (TPSA) is 50.4 Å². The van der Waals surface area contributed by atoms with E-state index in [9.17, 15) is 4.79 Å². The standard InChI is InChI=1S/C17H28N2O2/c1-4-16(5-2)19-17(20)12-18-11-14-9-7-8-10-15(14)13-21-6-3/h7-10,16,18H,4-6,11-13H2,1-3H3,(H,19,20). The number of carbonyl (C=O) groups excluding carboxylic acids is 1. The van der Waals surface area contributed by atoms with Crippen molar-refractivity contribution >= 4 is 5.91 Å². The van der Waals surface area contributed by atoms with E-state index >= 15 is 0 Å². The fourth-order valence-corrected chi connectivity index (χ4v) is 2.16. The zero-order valence-electron chi connectivity index (χ0n) is 13.4. The molecular formula is C17H28N2O2. The van der Waals surface area contributed by atoms with Crippen molar-refractivity contribution in [2.24, 2.45) is 0 Å². The first-order valence-corrected chi connectivity index (χ1v) is 7.85. The van der Waals surface area contributed by atoms with E-state index in [0.29, 0.717) is 26.3 Å². The first-order valence-electron chi connectivity index (χ1n) is 7.85. The third-order valence-corrected chi connectivity index (χ3v) is 3.53. The smallest absolute Gasteiger partial charge is 0.234 e. The van der Waals surface area contributed by atoms with Gasteiger partial charge in [-0.1, -0.05) is 38.1 Å². The minimum absolute atomic E-state index is 0.0611. The maximum Gasteiger partial charge on any atom is 0.234 e. The van der Waals surface area contributed by atoms with Crippen LogP contribution in [0.3, 0.4) is 0 Å². The van der Waals surface area contributed by atoms with Crippen LogP contribution in [0, 0.1) is 0 Å². The molecular weight excluding hydrogens is 264 g/mol. The molecule has 0 saturated heterocycles. The van der Waals surface area contributed by atoms with Crippen molar-refractivity contribution in [3.63, 3.8) is 0 Å². The molecule has 1 aromatic rings. The highest BCUT2D eigenvalue weighted by atomic mass is 16.5. The molecule has 118 valence electrons. The first kappa shape index (κ1) is 17.7. The van der Waals surface area contributed by atoms with Crippen molar-refractivity contribution in [2.45, 2.75) is 52.8 Å². The SMILES string of the molecule is CCOCc1ccccc1CNCC(=O)NC(CC)CC. The van der Waals surface area contributed by atoms with Gasteiger partial charge < -0.3 is 15.4 Å². The van der Waals surface area contributed by atoms with Crippen molar-refractivity contribution in [3.05, 3.63) is 35.4 Å². The molecule has 1 amide bonds. The number of rotatable bonds is 10. The molecule has 1 aromatic carbocycles. The van der Waals surface area contributed by atoms with E-state index in [4.69, 9.17) is 4.74 Å². The van der Waals surface area contributed by atoms with E-state index in [1.165, 1.54) is 11.1 Å². The van der Waals surface area contributed by atoms with Gasteiger partial charge in [0.2, 0.25) is 5.91 Å². The number of ether oxygens (including phenoxy) is 1. The molecule has 0 unspecified atom stereocenters. The highest BCUT2D eigenvalue weighted by Crippen LogP contribution is 2.09. The molecule has 2 N–H and O–H groups in total. The summed E-state index contributed by atoms with van der Waals surface area (Å²) in [6, 6.07) is 8.44. The van der Waals surface area contributed by atoms with E-state index in [1.54, 1.807) is 0 Å². The van der Waals surface area contributed by atoms with Gasteiger partial charge in [0.15, 0.2) is 0 Å². The van der Waals surface area contributed by atoms with E-state index in [0.717, 1.165) is 12.8 Å². The van der Waals surface area contributed by atoms with Gasteiger partial charge in [0.25, 0.3) is 0 Å². The average molecular weight is 292 g/mol. The monoisotopic (exact) mass is 292 g/mol. The maximum atomic E-state index is 11.8. The Kier molecular flexibility index (Phi) is 8.71. The maximum absolute atomic E-state index is 11.8. The van der Waals surface area contributed by atoms with Crippen LogP contribution in [-0.2, 0) is 22.7 Å². The average Bonchev–Trinajstić information content (AvgIpc) is 2.51. The summed E-state index contributed by atoms with van der Waals surface area (Å²) in [5, 5.41) is 6.23. The fourth-order valence-electron chi connectivity index (χ4n) is 2.16. The molecule has 0 aliphatic carbocycles. The van der Waals surface area contributed by atoms with Gasteiger partial charge in [-0.15, -0.1) is 0 Å². The van der Waals surface area contributed by atoms with Gasteiger partial charge in [-0.3, -0.25) is 4.79 Å². The van der Waals surface area contributed by atoms with Crippen LogP contribution >= 0.6 is 0 Å². The van der Waals surface area contributed by atoms with Gasteiger partial charge in [-0.2, -0.15) is 0 Å². The summed E-state index contributed by atoms with van der Waals surface area (Å²) < 4.78 is 5.46. The van der Waals surface area contributed by atoms with Crippen LogP contribution in [0.15, 0.2) is 24.3 Å². The lowest BCUT2D eigenvalue weighted by atomic mass is 10.1. The molecule has 0 bridgehead atoms. The Balaban J connectivity index is 2.39. The summed E-state index contributed by atoms with van der Waals surface area (Å²) in [5.74, 6) is 0.0611. The van der Waals surface area contributed by atoms with Crippen molar-refractivity contribution in [2.75, 3.05) is 13.2 Å². The molecule has 0 atom stereocenters. The van der Waals surface area contributed by atoms with Crippen LogP contribution in [0.4, 0.5) is 0 Å². The Bertz CT molecular complexity index is 417. The Morgan fingerprint density at radius 1 is 1.14 bits per heavy atom. The zero-order valence-corrected chi connectivity index (χ0v) is 13.4. The largest absolute Gasteiger partial charge is 0.377 e. The molecule has 4 nitrogen and oxygen atoms in total. The molecule has 0 aromatic heterocycles. The van der Waals surface area contributed by atoms with E-state index in [2.05, 4.69) is 36.6 Å². The molecule has 21 heavy (non-hydrogen) atoms. The third kappa shape index (κ3) is 6.74. The van der Waals surface area contributed by atoms with Crippen molar-refractivity contribution < 1.29 is 9.53 Å². The minimum atomic E-state index is 0.0611. The number of amides is 1. The van der Waals surface area contributed by atoms with Crippen molar-refractivity contribution in [1.82, 2.24) is 10.6 Å². The van der Waals surface area contributed by atoms with Crippen LogP contribution < -0.4 is 10.6 Å². The highest BCUT2D eigenvalue weighted by molar-refractivity contribution is 5.78. The number of benzene rings is 1. The molecule has 0 aliphatic rings. The highest BCUT2D eigenvalue weighted by Gasteiger charge is 2.08. The van der Waals surface area contributed by atoms with Crippen LogP contribution in [0.1, 0.15) is 44.7 Å². The second-order valence-corrected chi connectivity index (χ2v) is 5.09. The second kappa shape index (κ2) is 10.4. The van der Waals surface area contributed by atoms with Gasteiger partial charge in [-0.05, 0) is 30.9 Å². The summed E-state index contributed by atoms with van der Waals surface area (Å²) in [6.45, 7) is 8.52. The molecule has 4 heteroatoms. The molecule has 0 spiro atoms. The van der Waals surface area contributed by atoms with Crippen LogP contribution in [-0.4, -0.2) is 25.1 Å².